The molecule has 4 heterocycles. The fourth-order valence-electron chi connectivity index (χ4n) is 4.72. The largest absolute Gasteiger partial charge is 0.368 e. The molecule has 33 heavy (non-hydrogen) atoms. The number of anilines is 1. The van der Waals surface area contributed by atoms with Crippen LogP contribution < -0.4 is 4.90 Å². The van der Waals surface area contributed by atoms with Crippen LogP contribution in [0.15, 0.2) is 35.7 Å². The van der Waals surface area contributed by atoms with Gasteiger partial charge in [0.2, 0.25) is 5.91 Å². The smallest absolute Gasteiger partial charge is 0.233 e. The van der Waals surface area contributed by atoms with E-state index in [-0.39, 0.29) is 11.7 Å². The van der Waals surface area contributed by atoms with E-state index in [0.717, 1.165) is 47.5 Å². The van der Waals surface area contributed by atoms with E-state index in [9.17, 15) is 9.18 Å². The number of thioether (sulfide) groups is 1. The van der Waals surface area contributed by atoms with Gasteiger partial charge >= 0.3 is 0 Å². The summed E-state index contributed by atoms with van der Waals surface area (Å²) >= 11 is 3.19. The summed E-state index contributed by atoms with van der Waals surface area (Å²) in [5.74, 6) is 0.176. The maximum Gasteiger partial charge on any atom is 0.233 e. The van der Waals surface area contributed by atoms with Crippen molar-refractivity contribution in [3.05, 3.63) is 46.9 Å². The van der Waals surface area contributed by atoms with Gasteiger partial charge in [0, 0.05) is 36.7 Å². The van der Waals surface area contributed by atoms with Crippen LogP contribution in [0.5, 0.6) is 0 Å². The summed E-state index contributed by atoms with van der Waals surface area (Å²) in [7, 11) is 0. The van der Waals surface area contributed by atoms with Crippen molar-refractivity contribution in [2.75, 3.05) is 36.8 Å². The molecule has 1 saturated heterocycles. The van der Waals surface area contributed by atoms with Crippen molar-refractivity contribution in [3.8, 4) is 0 Å². The summed E-state index contributed by atoms with van der Waals surface area (Å²) in [6.45, 7) is 2.78. The predicted octanol–water partition coefficient (Wildman–Crippen LogP) is 3.80. The molecule has 7 nitrogen and oxygen atoms in total. The zero-order valence-corrected chi connectivity index (χ0v) is 19.7. The molecule has 1 aromatic carbocycles. The van der Waals surface area contributed by atoms with Crippen molar-refractivity contribution in [3.63, 3.8) is 0 Å². The highest BCUT2D eigenvalue weighted by atomic mass is 32.2. The van der Waals surface area contributed by atoms with Crippen LogP contribution in [0.4, 0.5) is 10.1 Å². The van der Waals surface area contributed by atoms with Crippen LogP contribution in [0, 0.1) is 5.82 Å². The third kappa shape index (κ3) is 3.85. The zero-order valence-electron chi connectivity index (χ0n) is 18.0. The number of amides is 1. The summed E-state index contributed by atoms with van der Waals surface area (Å²) in [5, 5.41) is 10.7. The molecular weight excluding hydrogens is 459 g/mol. The van der Waals surface area contributed by atoms with Gasteiger partial charge in [0.1, 0.15) is 17.0 Å². The second kappa shape index (κ2) is 8.57. The van der Waals surface area contributed by atoms with Crippen molar-refractivity contribution in [2.24, 2.45) is 0 Å². The molecule has 0 spiro atoms. The standard InChI is InChI=1S/C23H23FN6OS2/c24-15-5-7-16(8-6-15)28-9-11-29(12-10-28)19(31)13-32-23-27-26-21-20-17-3-1-2-4-18(17)33-22(20)25-14-30(21)23/h5-8,14H,1-4,9-13H2. The zero-order chi connectivity index (χ0) is 22.4. The van der Waals surface area contributed by atoms with E-state index in [1.54, 1.807) is 29.8 Å². The molecule has 1 fully saturated rings. The Hall–Kier alpha value is -2.72. The number of carbonyl (C=O) groups excluding carboxylic acids is 1. The van der Waals surface area contributed by atoms with Gasteiger partial charge in [0.05, 0.1) is 11.1 Å². The number of carbonyl (C=O) groups is 1. The quantitative estimate of drug-likeness (QED) is 0.412. The maximum atomic E-state index is 13.2. The highest BCUT2D eigenvalue weighted by molar-refractivity contribution is 7.99. The number of aromatic nitrogens is 4. The molecule has 0 unspecified atom stereocenters. The highest BCUT2D eigenvalue weighted by Crippen LogP contribution is 2.37. The Bertz CT molecular complexity index is 1330. The summed E-state index contributed by atoms with van der Waals surface area (Å²) in [5.41, 5.74) is 3.22. The van der Waals surface area contributed by atoms with Crippen LogP contribution in [-0.2, 0) is 17.6 Å². The lowest BCUT2D eigenvalue weighted by Crippen LogP contribution is -2.49. The molecular formula is C23H23FN6OS2. The van der Waals surface area contributed by atoms with Gasteiger partial charge in [-0.25, -0.2) is 9.37 Å². The lowest BCUT2D eigenvalue weighted by Gasteiger charge is -2.36. The molecule has 2 aliphatic rings. The van der Waals surface area contributed by atoms with Gasteiger partial charge in [0.25, 0.3) is 0 Å². The van der Waals surface area contributed by atoms with E-state index in [1.807, 2.05) is 9.30 Å². The number of aryl methyl sites for hydroxylation is 2. The van der Waals surface area contributed by atoms with Gasteiger partial charge in [0.15, 0.2) is 10.8 Å². The molecule has 1 aliphatic heterocycles. The van der Waals surface area contributed by atoms with Crippen molar-refractivity contribution >= 4 is 50.6 Å². The number of fused-ring (bicyclic) bond motifs is 5. The highest BCUT2D eigenvalue weighted by Gasteiger charge is 2.24. The fourth-order valence-corrected chi connectivity index (χ4v) is 6.75. The number of piperazine rings is 1. The van der Waals surface area contributed by atoms with Gasteiger partial charge < -0.3 is 9.80 Å². The first-order valence-corrected chi connectivity index (χ1v) is 13.0. The van der Waals surface area contributed by atoms with Crippen molar-refractivity contribution in [1.82, 2.24) is 24.5 Å². The Balaban J connectivity index is 1.13. The summed E-state index contributed by atoms with van der Waals surface area (Å²) in [4.78, 5) is 24.1. The average Bonchev–Trinajstić information content (AvgIpc) is 3.44. The SMILES string of the molecule is O=C(CSc1nnc2c3c4c(sc3ncn12)CCCC4)N1CCN(c2ccc(F)cc2)CC1. The average molecular weight is 483 g/mol. The molecule has 0 saturated carbocycles. The number of hydrogen-bond acceptors (Lipinski definition) is 7. The van der Waals surface area contributed by atoms with E-state index in [4.69, 9.17) is 0 Å². The number of hydrogen-bond donors (Lipinski definition) is 0. The van der Waals surface area contributed by atoms with Crippen molar-refractivity contribution in [2.45, 2.75) is 30.8 Å². The monoisotopic (exact) mass is 482 g/mol. The molecule has 0 radical (unpaired) electrons. The van der Waals surface area contributed by atoms with Crippen LogP contribution in [0.3, 0.4) is 0 Å². The molecule has 0 N–H and O–H groups in total. The number of halogens is 1. The molecule has 6 rings (SSSR count). The second-order valence-corrected chi connectivity index (χ2v) is 10.5. The Labute approximate surface area is 198 Å². The van der Waals surface area contributed by atoms with E-state index >= 15 is 0 Å². The van der Waals surface area contributed by atoms with Crippen LogP contribution in [0.1, 0.15) is 23.3 Å². The molecule has 4 aromatic rings. The minimum absolute atomic E-state index is 0.0949. The van der Waals surface area contributed by atoms with Crippen LogP contribution in [0.25, 0.3) is 15.9 Å². The molecule has 1 aliphatic carbocycles. The molecule has 0 atom stereocenters. The number of benzene rings is 1. The molecule has 170 valence electrons. The lowest BCUT2D eigenvalue weighted by atomic mass is 9.97. The van der Waals surface area contributed by atoms with Crippen LogP contribution >= 0.6 is 23.1 Å². The minimum atomic E-state index is -0.236. The number of nitrogens with zero attached hydrogens (tertiary/aromatic N) is 6. The fraction of sp³-hybridized carbons (Fsp3) is 0.391. The summed E-state index contributed by atoms with van der Waals surface area (Å²) < 4.78 is 15.1. The van der Waals surface area contributed by atoms with Gasteiger partial charge in [-0.3, -0.25) is 9.20 Å². The predicted molar refractivity (Wildman–Crippen MR) is 129 cm³/mol. The molecule has 1 amide bonds. The first-order valence-electron chi connectivity index (χ1n) is 11.2. The third-order valence-corrected chi connectivity index (χ3v) is 8.61. The molecule has 3 aromatic heterocycles. The number of thiophene rings is 1. The summed E-state index contributed by atoms with van der Waals surface area (Å²) in [6, 6.07) is 6.52. The van der Waals surface area contributed by atoms with Crippen LogP contribution in [-0.4, -0.2) is 62.3 Å². The first kappa shape index (κ1) is 20.9. The summed E-state index contributed by atoms with van der Waals surface area (Å²) in [6.07, 6.45) is 6.44. The lowest BCUT2D eigenvalue weighted by molar-refractivity contribution is -0.128. The van der Waals surface area contributed by atoms with Gasteiger partial charge in [-0.2, -0.15) is 0 Å². The van der Waals surface area contributed by atoms with E-state index < -0.39 is 0 Å². The first-order chi connectivity index (χ1) is 16.2. The van der Waals surface area contributed by atoms with Gasteiger partial charge in [-0.05, 0) is 55.5 Å². The third-order valence-electron chi connectivity index (χ3n) is 6.48. The Kier molecular flexibility index (Phi) is 5.41. The van der Waals surface area contributed by atoms with E-state index in [0.29, 0.717) is 24.0 Å². The Morgan fingerprint density at radius 2 is 1.85 bits per heavy atom. The topological polar surface area (TPSA) is 66.6 Å². The number of rotatable bonds is 4. The van der Waals surface area contributed by atoms with Gasteiger partial charge in [-0.1, -0.05) is 11.8 Å². The van der Waals surface area contributed by atoms with Crippen molar-refractivity contribution < 1.29 is 9.18 Å². The second-order valence-electron chi connectivity index (χ2n) is 8.44. The molecule has 10 heteroatoms. The Morgan fingerprint density at radius 3 is 2.67 bits per heavy atom. The maximum absolute atomic E-state index is 13.2. The van der Waals surface area contributed by atoms with Crippen molar-refractivity contribution in [1.29, 1.82) is 0 Å². The minimum Gasteiger partial charge on any atom is -0.368 e. The van der Waals surface area contributed by atoms with Gasteiger partial charge in [-0.15, -0.1) is 21.5 Å². The normalized spacial score (nSPS) is 16.5. The van der Waals surface area contributed by atoms with Crippen LogP contribution in [0.2, 0.25) is 0 Å². The molecule has 0 bridgehead atoms. The van der Waals surface area contributed by atoms with E-state index in [1.165, 1.54) is 47.2 Å². The Morgan fingerprint density at radius 1 is 1.06 bits per heavy atom. The van der Waals surface area contributed by atoms with E-state index in [2.05, 4.69) is 20.1 Å².